The van der Waals surface area contributed by atoms with Gasteiger partial charge in [0.25, 0.3) is 0 Å². The van der Waals surface area contributed by atoms with Crippen LogP contribution in [0.3, 0.4) is 0 Å². The topological polar surface area (TPSA) is 20.2 Å². The number of aliphatic hydroxyl groups is 1. The summed E-state index contributed by atoms with van der Waals surface area (Å²) in [5.74, 6) is 0. The van der Waals surface area contributed by atoms with E-state index in [-0.39, 0.29) is 0 Å². The van der Waals surface area contributed by atoms with Crippen LogP contribution in [0, 0.1) is 0 Å². The molecule has 0 bridgehead atoms. The molecule has 0 amide bonds. The van der Waals surface area contributed by atoms with Gasteiger partial charge in [-0.1, -0.05) is 398 Å². The van der Waals surface area contributed by atoms with E-state index in [0.29, 0.717) is 0 Å². The SMILES string of the molecule is OC(Br)(Br)C(Br)(Br)C(Br)(Br)C(Br)(Br)C(Br)(Br)C(Br)(Br)C(Br)(Br)C(Br)(Br)C(Br)(Br)C(Br)(Br)C(Br)(Br)C(Br)(Br)C(Br)(Br)Br. The zero-order valence-corrected chi connectivity index (χ0v) is 60.0. The Morgan fingerprint density at radius 1 is 0.195 bits per heavy atom. The predicted molar refractivity (Wildman–Crippen MR) is 279 cm³/mol. The lowest BCUT2D eigenvalue weighted by Gasteiger charge is -2.61. The molecule has 0 aromatic rings. The van der Waals surface area contributed by atoms with Gasteiger partial charge in [0.1, 0.15) is 32.3 Å². The van der Waals surface area contributed by atoms with Crippen molar-refractivity contribution in [2.24, 2.45) is 0 Å². The first kappa shape index (κ1) is 53.9. The van der Waals surface area contributed by atoms with E-state index in [1.54, 1.807) is 0 Å². The highest BCUT2D eigenvalue weighted by atomic mass is 80.0. The Labute approximate surface area is 464 Å². The van der Waals surface area contributed by atoms with Crippen molar-refractivity contribution in [2.75, 3.05) is 0 Å². The Morgan fingerprint density at radius 3 is 0.439 bits per heavy atom. The minimum absolute atomic E-state index is 0.877. The molecule has 0 aliphatic rings. The van der Waals surface area contributed by atoms with E-state index in [0.717, 1.165) is 0 Å². The highest BCUT2D eigenvalue weighted by Gasteiger charge is 2.82. The summed E-state index contributed by atoms with van der Waals surface area (Å²) >= 11 is 102. The van der Waals surface area contributed by atoms with Crippen LogP contribution in [-0.2, 0) is 0 Å². The number of alkyl halides is 27. The van der Waals surface area contributed by atoms with Crippen LogP contribution in [0.2, 0.25) is 0 Å². The van der Waals surface area contributed by atoms with E-state index in [1.165, 1.54) is 0 Å². The average Bonchev–Trinajstić information content (AvgIpc) is 2.70. The van der Waals surface area contributed by atoms with E-state index >= 15 is 0 Å². The number of rotatable bonds is 11. The summed E-state index contributed by atoms with van der Waals surface area (Å²) in [5, 5.41) is 10.9. The molecule has 0 fully saturated rings. The minimum atomic E-state index is -1.67. The van der Waals surface area contributed by atoms with Crippen LogP contribution >= 0.6 is 430 Å². The molecule has 0 saturated carbocycles. The first-order valence-corrected chi connectivity index (χ1v) is 29.7. The summed E-state index contributed by atoms with van der Waals surface area (Å²) in [6.45, 7) is 0. The molecular formula is C13HBr27O. The number of hydrogen-bond donors (Lipinski definition) is 1. The standard InChI is InChI=1S/C13HBr27O/c14-1(15,2(16,17)4(20,21)6(24,25)8(28,29)10(32,33)12(36,37)38)3(18,19)5(22,23)7(26,27)9(30,31)11(34,35)13(39,40)41/h41H. The first-order valence-electron chi connectivity index (χ1n) is 8.33. The van der Waals surface area contributed by atoms with Crippen molar-refractivity contribution in [3.8, 4) is 0 Å². The molecule has 0 saturated heterocycles. The van der Waals surface area contributed by atoms with Crippen LogP contribution in [0.15, 0.2) is 0 Å². The molecule has 0 atom stereocenters. The summed E-state index contributed by atoms with van der Waals surface area (Å²) in [6, 6.07) is 0. The summed E-state index contributed by atoms with van der Waals surface area (Å²) in [6.07, 6.45) is 0. The van der Waals surface area contributed by atoms with Gasteiger partial charge in [-0.2, -0.15) is 0 Å². The van der Waals surface area contributed by atoms with Crippen molar-refractivity contribution in [2.45, 2.75) is 41.1 Å². The van der Waals surface area contributed by atoms with E-state index in [4.69, 9.17) is 0 Å². The molecule has 0 radical (unpaired) electrons. The quantitative estimate of drug-likeness (QED) is 0.204. The second kappa shape index (κ2) is 17.3. The predicted octanol–water partition coefficient (Wildman–Crippen LogP) is 19.6. The molecule has 0 rings (SSSR count). The molecule has 248 valence electrons. The van der Waals surface area contributed by atoms with Gasteiger partial charge in [0.15, 0.2) is 5.38 Å². The molecular weight excluding hydrogens is 2330 g/mol. The first-order chi connectivity index (χ1) is 17.0. The molecule has 41 heavy (non-hydrogen) atoms. The van der Waals surface area contributed by atoms with E-state index < -0.39 is 41.1 Å². The Morgan fingerprint density at radius 2 is 0.317 bits per heavy atom. The van der Waals surface area contributed by atoms with Crippen LogP contribution in [0.5, 0.6) is 0 Å². The third-order valence-electron chi connectivity index (χ3n) is 4.68. The fraction of sp³-hybridized carbons (Fsp3) is 1.00. The molecule has 0 spiro atoms. The Bertz CT molecular complexity index is 885. The summed E-state index contributed by atoms with van der Waals surface area (Å²) in [5.41, 5.74) is 0. The van der Waals surface area contributed by atoms with Gasteiger partial charge in [0.05, 0.1) is 0 Å². The molecule has 0 aliphatic heterocycles. The molecule has 28 heteroatoms. The van der Waals surface area contributed by atoms with Crippen LogP contribution in [0.4, 0.5) is 0 Å². The lowest BCUT2D eigenvalue weighted by Crippen LogP contribution is -2.72. The van der Waals surface area contributed by atoms with Gasteiger partial charge in [-0.05, 0) is 31.9 Å². The number of hydrogen-bond acceptors (Lipinski definition) is 1. The third kappa shape index (κ3) is 9.38. The van der Waals surface area contributed by atoms with Crippen LogP contribution in [0.1, 0.15) is 0 Å². The van der Waals surface area contributed by atoms with Crippen molar-refractivity contribution in [1.82, 2.24) is 0 Å². The zero-order chi connectivity index (χ0) is 34.5. The maximum Gasteiger partial charge on any atom is 0.202 e. The van der Waals surface area contributed by atoms with Crippen molar-refractivity contribution < 1.29 is 5.11 Å². The Hall–Kier alpha value is 12.9. The molecule has 1 nitrogen and oxygen atoms in total. The largest absolute Gasteiger partial charge is 0.368 e. The van der Waals surface area contributed by atoms with E-state index in [2.05, 4.69) is 430 Å². The maximum absolute atomic E-state index is 10.9. The average molecular weight is 2330 g/mol. The fourth-order valence-corrected chi connectivity index (χ4v) is 27.7. The van der Waals surface area contributed by atoms with Crippen molar-refractivity contribution >= 4 is 430 Å². The lowest BCUT2D eigenvalue weighted by molar-refractivity contribution is 0.228. The third-order valence-corrected chi connectivity index (χ3v) is 60.4. The van der Waals surface area contributed by atoms with Gasteiger partial charge in [0.2, 0.25) is 3.42 Å². The molecule has 0 aromatic heterocycles. The monoisotopic (exact) mass is 2300 g/mol. The van der Waals surface area contributed by atoms with Crippen LogP contribution in [-0.4, -0.2) is 46.2 Å². The highest BCUT2D eigenvalue weighted by molar-refractivity contribution is 9.42. The lowest BCUT2D eigenvalue weighted by atomic mass is 10.0. The fourth-order valence-electron chi connectivity index (χ4n) is 2.14. The van der Waals surface area contributed by atoms with Gasteiger partial charge in [0, 0.05) is 0 Å². The smallest absolute Gasteiger partial charge is 0.202 e. The van der Waals surface area contributed by atoms with E-state index in [1.807, 2.05) is 0 Å². The summed E-state index contributed by atoms with van der Waals surface area (Å²) in [4.78, 5) is 0. The second-order valence-electron chi connectivity index (χ2n) is 7.36. The summed E-state index contributed by atoms with van der Waals surface area (Å²) in [7, 11) is 0. The Balaban J connectivity index is 7.41. The zero-order valence-electron chi connectivity index (χ0n) is 17.2. The van der Waals surface area contributed by atoms with Crippen molar-refractivity contribution in [3.63, 3.8) is 0 Å². The van der Waals surface area contributed by atoms with Crippen molar-refractivity contribution in [3.05, 3.63) is 0 Å². The minimum Gasteiger partial charge on any atom is -0.368 e. The molecule has 0 unspecified atom stereocenters. The van der Waals surface area contributed by atoms with Gasteiger partial charge in [-0.15, -0.1) is 0 Å². The normalized spacial score (nSPS) is 17.3. The number of halogens is 27. The van der Waals surface area contributed by atoms with Crippen LogP contribution in [0.25, 0.3) is 0 Å². The van der Waals surface area contributed by atoms with Gasteiger partial charge >= 0.3 is 0 Å². The van der Waals surface area contributed by atoms with Gasteiger partial charge in [-0.3, -0.25) is 0 Å². The Kier molecular flexibility index (Phi) is 22.7. The van der Waals surface area contributed by atoms with Crippen molar-refractivity contribution in [1.29, 1.82) is 0 Å². The van der Waals surface area contributed by atoms with Gasteiger partial charge in [-0.25, -0.2) is 0 Å². The molecule has 0 heterocycles. The molecule has 0 aromatic carbocycles. The molecule has 0 aliphatic carbocycles. The summed E-state index contributed by atoms with van der Waals surface area (Å²) < 4.78 is -15.9. The highest BCUT2D eigenvalue weighted by Crippen LogP contribution is 2.81. The molecule has 1 N–H and O–H groups in total. The van der Waals surface area contributed by atoms with Gasteiger partial charge < -0.3 is 5.11 Å². The van der Waals surface area contributed by atoms with E-state index in [9.17, 15) is 5.11 Å². The van der Waals surface area contributed by atoms with Crippen LogP contribution < -0.4 is 0 Å². The second-order valence-corrected chi connectivity index (χ2v) is 55.4. The maximum atomic E-state index is 10.9.